The standard InChI is InChI=1S/C20H19F3N6O/c1-3-17(30)29-9-8-14-16(11-29)25-19(26-18(14)15-10-24-28(2)27-15)12-4-6-13(7-5-12)20(21,22)23/h4-7,10H,3,8-9,11H2,1-2H3. The summed E-state index contributed by atoms with van der Waals surface area (Å²) in [6.07, 6.45) is -1.87. The summed E-state index contributed by atoms with van der Waals surface area (Å²) in [6.45, 7) is 2.68. The number of aryl methyl sites for hydroxylation is 1. The van der Waals surface area contributed by atoms with E-state index in [0.717, 1.165) is 17.7 Å². The molecule has 156 valence electrons. The number of hydrogen-bond donors (Lipinski definition) is 0. The summed E-state index contributed by atoms with van der Waals surface area (Å²) < 4.78 is 38.7. The van der Waals surface area contributed by atoms with Gasteiger partial charge in [-0.15, -0.1) is 0 Å². The van der Waals surface area contributed by atoms with E-state index in [1.54, 1.807) is 25.1 Å². The molecule has 3 aromatic rings. The van der Waals surface area contributed by atoms with E-state index >= 15 is 0 Å². The molecule has 0 atom stereocenters. The van der Waals surface area contributed by atoms with Crippen LogP contribution in [0.1, 0.15) is 30.2 Å². The largest absolute Gasteiger partial charge is 0.416 e. The molecule has 0 saturated carbocycles. The lowest BCUT2D eigenvalue weighted by Gasteiger charge is -2.29. The third-order valence-electron chi connectivity index (χ3n) is 5.03. The second-order valence-electron chi connectivity index (χ2n) is 7.03. The monoisotopic (exact) mass is 416 g/mol. The number of fused-ring (bicyclic) bond motifs is 1. The Morgan fingerprint density at radius 1 is 1.17 bits per heavy atom. The summed E-state index contributed by atoms with van der Waals surface area (Å²) in [5.41, 5.74) is 2.42. The van der Waals surface area contributed by atoms with Gasteiger partial charge < -0.3 is 4.90 Å². The van der Waals surface area contributed by atoms with Crippen molar-refractivity contribution in [2.24, 2.45) is 7.05 Å². The molecule has 4 rings (SSSR count). The molecule has 2 aromatic heterocycles. The van der Waals surface area contributed by atoms with Crippen LogP contribution in [0.4, 0.5) is 13.2 Å². The fraction of sp³-hybridized carbons (Fsp3) is 0.350. The Morgan fingerprint density at radius 2 is 1.90 bits per heavy atom. The fourth-order valence-electron chi connectivity index (χ4n) is 3.47. The van der Waals surface area contributed by atoms with Crippen LogP contribution >= 0.6 is 0 Å². The van der Waals surface area contributed by atoms with E-state index < -0.39 is 11.7 Å². The van der Waals surface area contributed by atoms with E-state index in [-0.39, 0.29) is 11.7 Å². The number of carbonyl (C=O) groups is 1. The number of amides is 1. The highest BCUT2D eigenvalue weighted by molar-refractivity contribution is 5.76. The van der Waals surface area contributed by atoms with E-state index in [2.05, 4.69) is 20.2 Å². The van der Waals surface area contributed by atoms with Crippen molar-refractivity contribution in [1.29, 1.82) is 0 Å². The van der Waals surface area contributed by atoms with Gasteiger partial charge in [0.15, 0.2) is 5.82 Å². The second-order valence-corrected chi connectivity index (χ2v) is 7.03. The van der Waals surface area contributed by atoms with Gasteiger partial charge in [-0.2, -0.15) is 28.2 Å². The minimum atomic E-state index is -4.42. The van der Waals surface area contributed by atoms with E-state index in [9.17, 15) is 18.0 Å². The first-order chi connectivity index (χ1) is 14.3. The van der Waals surface area contributed by atoms with Crippen molar-refractivity contribution in [2.75, 3.05) is 6.54 Å². The van der Waals surface area contributed by atoms with Gasteiger partial charge in [0.2, 0.25) is 5.91 Å². The second kappa shape index (κ2) is 7.51. The van der Waals surface area contributed by atoms with Crippen molar-refractivity contribution in [3.63, 3.8) is 0 Å². The predicted molar refractivity (Wildman–Crippen MR) is 102 cm³/mol. The molecule has 0 unspecified atom stereocenters. The van der Waals surface area contributed by atoms with Crippen molar-refractivity contribution >= 4 is 5.91 Å². The van der Waals surface area contributed by atoms with Crippen molar-refractivity contribution < 1.29 is 18.0 Å². The van der Waals surface area contributed by atoms with Crippen LogP contribution in [0.3, 0.4) is 0 Å². The van der Waals surface area contributed by atoms with Gasteiger partial charge in [-0.25, -0.2) is 9.97 Å². The average molecular weight is 416 g/mol. The van der Waals surface area contributed by atoms with Gasteiger partial charge in [-0.3, -0.25) is 4.79 Å². The third-order valence-corrected chi connectivity index (χ3v) is 5.03. The Labute approximate surface area is 170 Å². The SMILES string of the molecule is CCC(=O)N1CCc2c(nc(-c3ccc(C(F)(F)F)cc3)nc2-c2cnn(C)n2)C1. The van der Waals surface area contributed by atoms with Gasteiger partial charge in [-0.1, -0.05) is 19.1 Å². The maximum Gasteiger partial charge on any atom is 0.416 e. The summed E-state index contributed by atoms with van der Waals surface area (Å²) >= 11 is 0. The number of hydrogen-bond acceptors (Lipinski definition) is 5. The van der Waals surface area contributed by atoms with Gasteiger partial charge in [0.25, 0.3) is 0 Å². The highest BCUT2D eigenvalue weighted by Gasteiger charge is 2.30. The lowest BCUT2D eigenvalue weighted by atomic mass is 10.00. The zero-order valence-corrected chi connectivity index (χ0v) is 16.4. The van der Waals surface area contributed by atoms with Crippen LogP contribution < -0.4 is 0 Å². The molecule has 0 bridgehead atoms. The predicted octanol–water partition coefficient (Wildman–Crippen LogP) is 3.25. The Hall–Kier alpha value is -3.30. The molecule has 0 saturated heterocycles. The average Bonchev–Trinajstić information content (AvgIpc) is 3.17. The number of aromatic nitrogens is 5. The molecule has 0 radical (unpaired) electrons. The lowest BCUT2D eigenvalue weighted by Crippen LogP contribution is -2.36. The number of alkyl halides is 3. The van der Waals surface area contributed by atoms with E-state index in [1.165, 1.54) is 16.9 Å². The summed E-state index contributed by atoms with van der Waals surface area (Å²) in [5.74, 6) is 0.310. The van der Waals surface area contributed by atoms with Gasteiger partial charge in [0.05, 0.1) is 29.7 Å². The van der Waals surface area contributed by atoms with Gasteiger partial charge in [-0.05, 0) is 18.6 Å². The van der Waals surface area contributed by atoms with E-state index in [0.29, 0.717) is 48.6 Å². The topological polar surface area (TPSA) is 76.8 Å². The Kier molecular flexibility index (Phi) is 5.00. The molecule has 30 heavy (non-hydrogen) atoms. The summed E-state index contributed by atoms with van der Waals surface area (Å²) in [5, 5.41) is 8.42. The molecule has 1 aliphatic heterocycles. The smallest absolute Gasteiger partial charge is 0.336 e. The first-order valence-electron chi connectivity index (χ1n) is 9.48. The molecule has 0 fully saturated rings. The van der Waals surface area contributed by atoms with Crippen LogP contribution in [0.15, 0.2) is 30.5 Å². The van der Waals surface area contributed by atoms with Crippen LogP contribution in [0.25, 0.3) is 22.8 Å². The van der Waals surface area contributed by atoms with Crippen LogP contribution in [-0.4, -0.2) is 42.3 Å². The van der Waals surface area contributed by atoms with E-state index in [1.807, 2.05) is 0 Å². The normalized spacial score (nSPS) is 14.0. The maximum absolute atomic E-state index is 12.9. The van der Waals surface area contributed by atoms with Gasteiger partial charge in [0.1, 0.15) is 5.69 Å². The summed E-state index contributed by atoms with van der Waals surface area (Å²) in [7, 11) is 1.69. The molecule has 0 N–H and O–H groups in total. The van der Waals surface area contributed by atoms with Crippen LogP contribution in [0, 0.1) is 0 Å². The van der Waals surface area contributed by atoms with Crippen LogP contribution in [-0.2, 0) is 31.0 Å². The summed E-state index contributed by atoms with van der Waals surface area (Å²) in [4.78, 5) is 24.5. The van der Waals surface area contributed by atoms with Gasteiger partial charge >= 0.3 is 6.18 Å². The van der Waals surface area contributed by atoms with E-state index in [4.69, 9.17) is 0 Å². The molecule has 1 aliphatic rings. The molecule has 3 heterocycles. The number of halogens is 3. The number of carbonyl (C=O) groups excluding carboxylic acids is 1. The minimum absolute atomic E-state index is 0.0244. The number of rotatable bonds is 3. The maximum atomic E-state index is 12.9. The van der Waals surface area contributed by atoms with Crippen molar-refractivity contribution in [1.82, 2.24) is 29.9 Å². The fourth-order valence-corrected chi connectivity index (χ4v) is 3.47. The first kappa shape index (κ1) is 20.0. The molecule has 0 aliphatic carbocycles. The molecular weight excluding hydrogens is 397 g/mol. The molecule has 1 aromatic carbocycles. The third kappa shape index (κ3) is 3.77. The molecule has 7 nitrogen and oxygen atoms in total. The lowest BCUT2D eigenvalue weighted by molar-refractivity contribution is -0.137. The Bertz CT molecular complexity index is 1090. The van der Waals surface area contributed by atoms with Gasteiger partial charge in [0, 0.05) is 31.1 Å². The summed E-state index contributed by atoms with van der Waals surface area (Å²) in [6, 6.07) is 4.71. The quantitative estimate of drug-likeness (QED) is 0.655. The van der Waals surface area contributed by atoms with Crippen LogP contribution in [0.2, 0.25) is 0 Å². The van der Waals surface area contributed by atoms with Crippen molar-refractivity contribution in [2.45, 2.75) is 32.5 Å². The molecule has 0 spiro atoms. The van der Waals surface area contributed by atoms with Crippen molar-refractivity contribution in [3.8, 4) is 22.8 Å². The highest BCUT2D eigenvalue weighted by atomic mass is 19.4. The Balaban J connectivity index is 1.81. The number of benzene rings is 1. The van der Waals surface area contributed by atoms with Crippen molar-refractivity contribution in [3.05, 3.63) is 47.3 Å². The number of nitrogens with zero attached hydrogens (tertiary/aromatic N) is 6. The zero-order valence-electron chi connectivity index (χ0n) is 16.4. The minimum Gasteiger partial charge on any atom is -0.336 e. The Morgan fingerprint density at radius 3 is 2.50 bits per heavy atom. The molecule has 10 heteroatoms. The molecule has 1 amide bonds. The highest BCUT2D eigenvalue weighted by Crippen LogP contribution is 2.32. The molecular formula is C20H19F3N6O. The first-order valence-corrected chi connectivity index (χ1v) is 9.48. The van der Waals surface area contributed by atoms with Crippen LogP contribution in [0.5, 0.6) is 0 Å². The zero-order chi connectivity index (χ0) is 21.5.